The van der Waals surface area contributed by atoms with Gasteiger partial charge in [0.1, 0.15) is 5.82 Å². The van der Waals surface area contributed by atoms with Gasteiger partial charge in [0, 0.05) is 43.0 Å². The molecule has 1 aromatic carbocycles. The molecule has 2 aromatic heterocycles. The van der Waals surface area contributed by atoms with Gasteiger partial charge in [-0.15, -0.1) is 11.3 Å². The van der Waals surface area contributed by atoms with E-state index >= 15 is 0 Å². The maximum absolute atomic E-state index is 12.8. The molecular weight excluding hydrogens is 356 g/mol. The number of hydrogen-bond donors (Lipinski definition) is 1. The number of hydrogen-bond acceptors (Lipinski definition) is 6. The highest BCUT2D eigenvalue weighted by Gasteiger charge is 2.18. The molecule has 1 saturated heterocycles. The predicted octanol–water partition coefficient (Wildman–Crippen LogP) is 4.20. The molecule has 0 bridgehead atoms. The lowest BCUT2D eigenvalue weighted by atomic mass is 10.00. The Morgan fingerprint density at radius 2 is 1.85 bits per heavy atom. The minimum Gasteiger partial charge on any atom is -0.398 e. The number of thiazole rings is 1. The standard InChI is InChI=1S/C21H22N4OS/c22-18-5-4-16(15-6-8-23-9-7-15)12-17(18)13-19(26)21-24-20(14-27-21)25-10-2-1-3-11-25/h4-9,12,14H,1-3,10-11,13,22H2. The topological polar surface area (TPSA) is 72.1 Å². The number of carbonyl (C=O) groups is 1. The summed E-state index contributed by atoms with van der Waals surface area (Å²) in [6, 6.07) is 9.71. The third kappa shape index (κ3) is 4.01. The van der Waals surface area contributed by atoms with Gasteiger partial charge in [-0.3, -0.25) is 9.78 Å². The number of pyridine rings is 1. The van der Waals surface area contributed by atoms with E-state index in [2.05, 4.69) is 14.9 Å². The van der Waals surface area contributed by atoms with Crippen LogP contribution in [0.1, 0.15) is 34.6 Å². The lowest BCUT2D eigenvalue weighted by Gasteiger charge is -2.26. The molecule has 0 spiro atoms. The molecule has 3 aromatic rings. The Morgan fingerprint density at radius 3 is 2.63 bits per heavy atom. The monoisotopic (exact) mass is 378 g/mol. The second-order valence-electron chi connectivity index (χ2n) is 6.81. The molecule has 138 valence electrons. The first-order valence-electron chi connectivity index (χ1n) is 9.23. The fourth-order valence-electron chi connectivity index (χ4n) is 3.39. The summed E-state index contributed by atoms with van der Waals surface area (Å²) in [4.78, 5) is 23.7. The molecule has 1 fully saturated rings. The highest BCUT2D eigenvalue weighted by Crippen LogP contribution is 2.26. The second kappa shape index (κ2) is 7.88. The van der Waals surface area contributed by atoms with Crippen LogP contribution >= 0.6 is 11.3 Å². The number of piperidine rings is 1. The van der Waals surface area contributed by atoms with Crippen molar-refractivity contribution in [3.05, 3.63) is 58.7 Å². The first-order chi connectivity index (χ1) is 13.2. The number of carbonyl (C=O) groups excluding carboxylic acids is 1. The van der Waals surface area contributed by atoms with Gasteiger partial charge >= 0.3 is 0 Å². The van der Waals surface area contributed by atoms with Gasteiger partial charge in [0.05, 0.1) is 0 Å². The molecule has 2 N–H and O–H groups in total. The van der Waals surface area contributed by atoms with E-state index in [9.17, 15) is 4.79 Å². The molecule has 0 unspecified atom stereocenters. The van der Waals surface area contributed by atoms with Crippen LogP contribution in [0, 0.1) is 0 Å². The Balaban J connectivity index is 1.52. The van der Waals surface area contributed by atoms with E-state index in [0.717, 1.165) is 35.6 Å². The van der Waals surface area contributed by atoms with Gasteiger partial charge in [0.2, 0.25) is 0 Å². The van der Waals surface area contributed by atoms with Crippen molar-refractivity contribution in [3.8, 4) is 11.1 Å². The van der Waals surface area contributed by atoms with Crippen molar-refractivity contribution in [1.29, 1.82) is 0 Å². The van der Waals surface area contributed by atoms with Crippen LogP contribution in [-0.4, -0.2) is 28.8 Å². The largest absolute Gasteiger partial charge is 0.398 e. The van der Waals surface area contributed by atoms with Gasteiger partial charge in [-0.05, 0) is 60.2 Å². The fraction of sp³-hybridized carbons (Fsp3) is 0.286. The van der Waals surface area contributed by atoms with E-state index in [1.54, 1.807) is 12.4 Å². The van der Waals surface area contributed by atoms with Crippen molar-refractivity contribution in [2.75, 3.05) is 23.7 Å². The van der Waals surface area contributed by atoms with Crippen LogP contribution < -0.4 is 10.6 Å². The SMILES string of the molecule is Nc1ccc(-c2ccncc2)cc1CC(=O)c1nc(N2CCCCC2)cs1. The van der Waals surface area contributed by atoms with Crippen LogP contribution in [0.4, 0.5) is 11.5 Å². The van der Waals surface area contributed by atoms with Crippen molar-refractivity contribution in [2.45, 2.75) is 25.7 Å². The molecule has 0 amide bonds. The van der Waals surface area contributed by atoms with E-state index in [-0.39, 0.29) is 12.2 Å². The molecule has 27 heavy (non-hydrogen) atoms. The molecule has 0 atom stereocenters. The molecule has 0 saturated carbocycles. The lowest BCUT2D eigenvalue weighted by Crippen LogP contribution is -2.29. The van der Waals surface area contributed by atoms with E-state index < -0.39 is 0 Å². The van der Waals surface area contributed by atoms with Crippen molar-refractivity contribution in [1.82, 2.24) is 9.97 Å². The van der Waals surface area contributed by atoms with Crippen molar-refractivity contribution >= 4 is 28.6 Å². The maximum Gasteiger partial charge on any atom is 0.195 e. The average Bonchev–Trinajstić information content (AvgIpc) is 3.21. The van der Waals surface area contributed by atoms with Gasteiger partial charge in [-0.1, -0.05) is 6.07 Å². The van der Waals surface area contributed by atoms with Crippen molar-refractivity contribution in [2.24, 2.45) is 0 Å². The van der Waals surface area contributed by atoms with Crippen LogP contribution in [-0.2, 0) is 6.42 Å². The zero-order chi connectivity index (χ0) is 18.6. The Bertz CT molecular complexity index is 932. The number of Topliss-reactive ketones (excluding diaryl/α,β-unsaturated/α-hetero) is 1. The lowest BCUT2D eigenvalue weighted by molar-refractivity contribution is 0.0993. The third-order valence-corrected chi connectivity index (χ3v) is 5.79. The van der Waals surface area contributed by atoms with E-state index in [1.165, 1.54) is 30.6 Å². The molecule has 1 aliphatic rings. The molecule has 4 rings (SSSR count). The van der Waals surface area contributed by atoms with Gasteiger partial charge < -0.3 is 10.6 Å². The fourth-order valence-corrected chi connectivity index (χ4v) is 4.16. The zero-order valence-corrected chi connectivity index (χ0v) is 15.9. The van der Waals surface area contributed by atoms with Gasteiger partial charge in [0.15, 0.2) is 10.8 Å². The van der Waals surface area contributed by atoms with Crippen LogP contribution in [0.5, 0.6) is 0 Å². The van der Waals surface area contributed by atoms with Crippen LogP contribution in [0.15, 0.2) is 48.1 Å². The second-order valence-corrected chi connectivity index (χ2v) is 7.67. The summed E-state index contributed by atoms with van der Waals surface area (Å²) < 4.78 is 0. The number of nitrogens with two attached hydrogens (primary N) is 1. The van der Waals surface area contributed by atoms with Crippen LogP contribution in [0.3, 0.4) is 0 Å². The number of nitrogen functional groups attached to an aromatic ring is 1. The minimum absolute atomic E-state index is 0.0156. The summed E-state index contributed by atoms with van der Waals surface area (Å²) in [6.45, 7) is 2.05. The first-order valence-corrected chi connectivity index (χ1v) is 10.1. The summed E-state index contributed by atoms with van der Waals surface area (Å²) in [5, 5.41) is 2.55. The first kappa shape index (κ1) is 17.7. The van der Waals surface area contributed by atoms with Crippen molar-refractivity contribution < 1.29 is 4.79 Å². The Kier molecular flexibility index (Phi) is 5.16. The smallest absolute Gasteiger partial charge is 0.195 e. The number of aromatic nitrogens is 2. The summed E-state index contributed by atoms with van der Waals surface area (Å²) in [5.74, 6) is 0.948. The number of rotatable bonds is 5. The Morgan fingerprint density at radius 1 is 1.07 bits per heavy atom. The quantitative estimate of drug-likeness (QED) is 0.532. The maximum atomic E-state index is 12.8. The molecule has 0 radical (unpaired) electrons. The number of nitrogens with zero attached hydrogens (tertiary/aromatic N) is 3. The third-order valence-electron chi connectivity index (χ3n) is 4.92. The molecule has 1 aliphatic heterocycles. The molecule has 3 heterocycles. The summed E-state index contributed by atoms with van der Waals surface area (Å²) in [6.07, 6.45) is 7.44. The van der Waals surface area contributed by atoms with E-state index in [4.69, 9.17) is 5.73 Å². The normalized spacial score (nSPS) is 14.3. The van der Waals surface area contributed by atoms with Gasteiger partial charge in [-0.25, -0.2) is 4.98 Å². The summed E-state index contributed by atoms with van der Waals surface area (Å²) in [7, 11) is 0. The van der Waals surface area contributed by atoms with Crippen molar-refractivity contribution in [3.63, 3.8) is 0 Å². The summed E-state index contributed by atoms with van der Waals surface area (Å²) >= 11 is 1.43. The number of anilines is 2. The van der Waals surface area contributed by atoms with Gasteiger partial charge in [0.25, 0.3) is 0 Å². The zero-order valence-electron chi connectivity index (χ0n) is 15.1. The Labute approximate surface area is 162 Å². The molecular formula is C21H22N4OS. The van der Waals surface area contributed by atoms with E-state index in [0.29, 0.717) is 10.7 Å². The minimum atomic E-state index is 0.0156. The number of benzene rings is 1. The number of ketones is 1. The Hall–Kier alpha value is -2.73. The molecule has 0 aliphatic carbocycles. The molecule has 6 heteroatoms. The average molecular weight is 379 g/mol. The van der Waals surface area contributed by atoms with Crippen LogP contribution in [0.2, 0.25) is 0 Å². The van der Waals surface area contributed by atoms with E-state index in [1.807, 2.05) is 35.7 Å². The van der Waals surface area contributed by atoms with Gasteiger partial charge in [-0.2, -0.15) is 0 Å². The highest BCUT2D eigenvalue weighted by molar-refractivity contribution is 7.12. The molecule has 5 nitrogen and oxygen atoms in total. The summed E-state index contributed by atoms with van der Waals surface area (Å²) in [5.41, 5.74) is 9.68. The highest BCUT2D eigenvalue weighted by atomic mass is 32.1. The predicted molar refractivity (Wildman–Crippen MR) is 110 cm³/mol. The van der Waals surface area contributed by atoms with Crippen LogP contribution in [0.25, 0.3) is 11.1 Å².